The molecule has 2 aliphatic rings. The molecule has 0 saturated heterocycles. The number of hydrogen-bond acceptors (Lipinski definition) is 5. The second kappa shape index (κ2) is 5.99. The number of fused-ring (bicyclic) bond motifs is 4. The molecule has 3 nitrogen and oxygen atoms in total. The molecular formula is C20H21N3S2. The minimum atomic E-state index is 0.435. The van der Waals surface area contributed by atoms with E-state index in [2.05, 4.69) is 42.3 Å². The Balaban J connectivity index is 1.79. The Hall–Kier alpha value is -1.59. The highest BCUT2D eigenvalue weighted by Crippen LogP contribution is 2.45. The first-order valence-corrected chi connectivity index (χ1v) is 11.0. The van der Waals surface area contributed by atoms with Crippen molar-refractivity contribution in [3.63, 3.8) is 0 Å². The minimum Gasteiger partial charge on any atom is -0.322 e. The minimum absolute atomic E-state index is 0.435. The number of anilines is 2. The van der Waals surface area contributed by atoms with Crippen LogP contribution in [-0.4, -0.2) is 22.3 Å². The van der Waals surface area contributed by atoms with Gasteiger partial charge in [-0.15, -0.1) is 11.3 Å². The maximum atomic E-state index is 5.02. The molecule has 0 bridgehead atoms. The highest BCUT2D eigenvalue weighted by atomic mass is 32.2. The number of rotatable bonds is 2. The standard InChI is InChI=1S/C20H21N3S2/c1-12-11-13-7-3-5-9-15(13)23(12)18-17-14-8-4-6-10-16(14)25-19(17)22-20(21-18)24-2/h3,5,7,9,12H,4,6,8,10-11H2,1-2H3. The number of nitrogens with zero attached hydrogens (tertiary/aromatic N) is 3. The van der Waals surface area contributed by atoms with E-state index in [4.69, 9.17) is 9.97 Å². The monoisotopic (exact) mass is 367 g/mol. The van der Waals surface area contributed by atoms with E-state index in [1.807, 2.05) is 11.3 Å². The molecule has 1 aliphatic carbocycles. The van der Waals surface area contributed by atoms with Crippen LogP contribution in [0.15, 0.2) is 29.4 Å². The van der Waals surface area contributed by atoms with Crippen LogP contribution in [-0.2, 0) is 19.3 Å². The molecule has 0 amide bonds. The molecular weight excluding hydrogens is 346 g/mol. The van der Waals surface area contributed by atoms with Crippen LogP contribution in [0.5, 0.6) is 0 Å². The van der Waals surface area contributed by atoms with Crippen molar-refractivity contribution in [3.8, 4) is 0 Å². The summed E-state index contributed by atoms with van der Waals surface area (Å²) < 4.78 is 0. The van der Waals surface area contributed by atoms with Crippen LogP contribution in [0.25, 0.3) is 10.2 Å². The largest absolute Gasteiger partial charge is 0.322 e. The lowest BCUT2D eigenvalue weighted by Crippen LogP contribution is -2.25. The van der Waals surface area contributed by atoms with E-state index in [9.17, 15) is 0 Å². The number of aryl methyl sites for hydroxylation is 2. The van der Waals surface area contributed by atoms with Gasteiger partial charge >= 0.3 is 0 Å². The maximum absolute atomic E-state index is 5.02. The molecule has 1 aromatic carbocycles. The molecule has 5 heteroatoms. The zero-order chi connectivity index (χ0) is 17.0. The van der Waals surface area contributed by atoms with E-state index in [1.165, 1.54) is 57.6 Å². The van der Waals surface area contributed by atoms with E-state index < -0.39 is 0 Å². The fourth-order valence-corrected chi connectivity index (χ4v) is 5.95. The SMILES string of the molecule is CSc1nc(N2c3ccccc3CC2C)c2c3c(sc2n1)CCCC3. The molecule has 0 fully saturated rings. The van der Waals surface area contributed by atoms with Crippen LogP contribution in [0.4, 0.5) is 11.5 Å². The lowest BCUT2D eigenvalue weighted by atomic mass is 9.97. The van der Waals surface area contributed by atoms with Gasteiger partial charge in [0.2, 0.25) is 0 Å². The Morgan fingerprint density at radius 3 is 2.88 bits per heavy atom. The molecule has 0 radical (unpaired) electrons. The predicted molar refractivity (Wildman–Crippen MR) is 108 cm³/mol. The molecule has 1 atom stereocenters. The van der Waals surface area contributed by atoms with Gasteiger partial charge in [0.25, 0.3) is 0 Å². The third-order valence-electron chi connectivity index (χ3n) is 5.39. The highest BCUT2D eigenvalue weighted by Gasteiger charge is 2.31. The lowest BCUT2D eigenvalue weighted by molar-refractivity contribution is 0.699. The summed E-state index contributed by atoms with van der Waals surface area (Å²) in [6.07, 6.45) is 8.13. The molecule has 0 N–H and O–H groups in total. The summed E-state index contributed by atoms with van der Waals surface area (Å²) in [6.45, 7) is 2.31. The normalized spacial score (nSPS) is 19.3. The molecule has 1 aliphatic heterocycles. The van der Waals surface area contributed by atoms with Crippen molar-refractivity contribution in [2.24, 2.45) is 0 Å². The van der Waals surface area contributed by atoms with Gasteiger partial charge in [0.15, 0.2) is 5.16 Å². The van der Waals surface area contributed by atoms with Crippen molar-refractivity contribution >= 4 is 44.8 Å². The van der Waals surface area contributed by atoms with Crippen LogP contribution in [0, 0.1) is 0 Å². The van der Waals surface area contributed by atoms with Crippen molar-refractivity contribution in [2.45, 2.75) is 50.2 Å². The Morgan fingerprint density at radius 2 is 2.00 bits per heavy atom. The Labute approximate surface area is 156 Å². The van der Waals surface area contributed by atoms with Gasteiger partial charge in [-0.3, -0.25) is 0 Å². The molecule has 128 valence electrons. The topological polar surface area (TPSA) is 29.0 Å². The molecule has 3 aromatic rings. The van der Waals surface area contributed by atoms with Crippen LogP contribution < -0.4 is 4.90 Å². The number of para-hydroxylation sites is 1. The van der Waals surface area contributed by atoms with Crippen molar-refractivity contribution in [1.29, 1.82) is 0 Å². The van der Waals surface area contributed by atoms with Gasteiger partial charge in [0.05, 0.1) is 5.39 Å². The van der Waals surface area contributed by atoms with E-state index in [0.717, 1.165) is 17.4 Å². The number of benzene rings is 1. The number of hydrogen-bond donors (Lipinski definition) is 0. The van der Waals surface area contributed by atoms with Crippen molar-refractivity contribution in [3.05, 3.63) is 40.3 Å². The third-order valence-corrected chi connectivity index (χ3v) is 7.13. The second-order valence-electron chi connectivity index (χ2n) is 6.98. The lowest BCUT2D eigenvalue weighted by Gasteiger charge is -2.25. The molecule has 2 aromatic heterocycles. The fourth-order valence-electron chi connectivity index (χ4n) is 4.27. The zero-order valence-corrected chi connectivity index (χ0v) is 16.2. The molecule has 5 rings (SSSR count). The van der Waals surface area contributed by atoms with E-state index in [1.54, 1.807) is 11.8 Å². The number of thioether (sulfide) groups is 1. The van der Waals surface area contributed by atoms with E-state index >= 15 is 0 Å². The van der Waals surface area contributed by atoms with Gasteiger partial charge in [0.1, 0.15) is 10.6 Å². The summed E-state index contributed by atoms with van der Waals surface area (Å²) in [7, 11) is 0. The van der Waals surface area contributed by atoms with Crippen LogP contribution in [0.2, 0.25) is 0 Å². The Kier molecular flexibility index (Phi) is 3.75. The van der Waals surface area contributed by atoms with Crippen molar-refractivity contribution < 1.29 is 0 Å². The maximum Gasteiger partial charge on any atom is 0.190 e. The Bertz CT molecular complexity index is 963. The first kappa shape index (κ1) is 15.6. The van der Waals surface area contributed by atoms with E-state index in [0.29, 0.717) is 6.04 Å². The molecule has 1 unspecified atom stereocenters. The molecule has 0 saturated carbocycles. The summed E-state index contributed by atoms with van der Waals surface area (Å²) >= 11 is 3.54. The first-order chi connectivity index (χ1) is 12.3. The summed E-state index contributed by atoms with van der Waals surface area (Å²) in [4.78, 5) is 15.0. The smallest absolute Gasteiger partial charge is 0.190 e. The van der Waals surface area contributed by atoms with Gasteiger partial charge < -0.3 is 4.90 Å². The van der Waals surface area contributed by atoms with E-state index in [-0.39, 0.29) is 0 Å². The summed E-state index contributed by atoms with van der Waals surface area (Å²) in [5.74, 6) is 1.13. The molecule has 25 heavy (non-hydrogen) atoms. The number of aromatic nitrogens is 2. The third kappa shape index (κ3) is 2.40. The van der Waals surface area contributed by atoms with Gasteiger partial charge in [-0.1, -0.05) is 30.0 Å². The number of thiophene rings is 1. The molecule has 3 heterocycles. The van der Waals surface area contributed by atoms with Gasteiger partial charge in [-0.05, 0) is 62.5 Å². The van der Waals surface area contributed by atoms with Gasteiger partial charge in [-0.25, -0.2) is 9.97 Å². The first-order valence-electron chi connectivity index (χ1n) is 8.99. The van der Waals surface area contributed by atoms with Gasteiger partial charge in [0, 0.05) is 16.6 Å². The Morgan fingerprint density at radius 1 is 1.16 bits per heavy atom. The van der Waals surface area contributed by atoms with Crippen molar-refractivity contribution in [2.75, 3.05) is 11.2 Å². The highest BCUT2D eigenvalue weighted by molar-refractivity contribution is 7.98. The fraction of sp³-hybridized carbons (Fsp3) is 0.400. The summed E-state index contributed by atoms with van der Waals surface area (Å²) in [5, 5.41) is 2.21. The van der Waals surface area contributed by atoms with Crippen LogP contribution in [0.1, 0.15) is 35.8 Å². The molecule has 0 spiro atoms. The quantitative estimate of drug-likeness (QED) is 0.449. The van der Waals surface area contributed by atoms with Gasteiger partial charge in [-0.2, -0.15) is 0 Å². The zero-order valence-electron chi connectivity index (χ0n) is 14.6. The summed E-state index contributed by atoms with van der Waals surface area (Å²) in [6, 6.07) is 9.21. The summed E-state index contributed by atoms with van der Waals surface area (Å²) in [5.41, 5.74) is 4.26. The van der Waals surface area contributed by atoms with Crippen LogP contribution >= 0.6 is 23.1 Å². The van der Waals surface area contributed by atoms with Crippen LogP contribution in [0.3, 0.4) is 0 Å². The van der Waals surface area contributed by atoms with Crippen molar-refractivity contribution in [1.82, 2.24) is 9.97 Å². The predicted octanol–water partition coefficient (Wildman–Crippen LogP) is 5.37. The second-order valence-corrected chi connectivity index (χ2v) is 8.83. The average molecular weight is 368 g/mol. The average Bonchev–Trinajstić information content (AvgIpc) is 3.17.